The largest absolute Gasteiger partial charge is 0.481 e. The van der Waals surface area contributed by atoms with E-state index in [1.54, 1.807) is 12.1 Å². The summed E-state index contributed by atoms with van der Waals surface area (Å²) in [6.45, 7) is 0. The molecule has 0 radical (unpaired) electrons. The Kier molecular flexibility index (Phi) is 3.44. The van der Waals surface area contributed by atoms with E-state index in [-0.39, 0.29) is 6.42 Å². The summed E-state index contributed by atoms with van der Waals surface area (Å²) in [6.07, 6.45) is 1.82. The number of hydrogen-bond acceptors (Lipinski definition) is 3. The van der Waals surface area contributed by atoms with Crippen LogP contribution in [0.2, 0.25) is 5.02 Å². The first-order chi connectivity index (χ1) is 8.15. The van der Waals surface area contributed by atoms with Crippen molar-refractivity contribution >= 4 is 17.6 Å². The molecule has 1 aromatic carbocycles. The summed E-state index contributed by atoms with van der Waals surface area (Å²) in [7, 11) is 0. The summed E-state index contributed by atoms with van der Waals surface area (Å²) in [6, 6.07) is 7.20. The number of halogens is 1. The van der Waals surface area contributed by atoms with Crippen LogP contribution in [-0.4, -0.2) is 16.1 Å². The quantitative estimate of drug-likeness (QED) is 0.907. The molecule has 4 nitrogen and oxygen atoms in total. The van der Waals surface area contributed by atoms with Crippen LogP contribution in [-0.2, 0) is 11.2 Å². The van der Waals surface area contributed by atoms with Crippen molar-refractivity contribution in [1.82, 2.24) is 4.98 Å². The second kappa shape index (κ2) is 5.01. The fraction of sp³-hybridized carbons (Fsp3) is 0.167. The first-order valence-electron chi connectivity index (χ1n) is 5.07. The topological polar surface area (TPSA) is 63.3 Å². The van der Waals surface area contributed by atoms with Crippen molar-refractivity contribution in [2.24, 2.45) is 0 Å². The van der Waals surface area contributed by atoms with E-state index in [4.69, 9.17) is 21.1 Å². The molecule has 0 aliphatic heterocycles. The monoisotopic (exact) mass is 251 g/mol. The molecule has 1 heterocycles. The lowest BCUT2D eigenvalue weighted by molar-refractivity contribution is -0.137. The highest BCUT2D eigenvalue weighted by atomic mass is 35.5. The van der Waals surface area contributed by atoms with Crippen molar-refractivity contribution in [2.75, 3.05) is 0 Å². The molecule has 0 amide bonds. The first-order valence-corrected chi connectivity index (χ1v) is 5.45. The maximum absolute atomic E-state index is 10.4. The van der Waals surface area contributed by atoms with Gasteiger partial charge < -0.3 is 9.52 Å². The lowest BCUT2D eigenvalue weighted by Crippen LogP contribution is -1.97. The zero-order chi connectivity index (χ0) is 12.3. The van der Waals surface area contributed by atoms with Crippen LogP contribution < -0.4 is 0 Å². The Morgan fingerprint density at radius 2 is 2.06 bits per heavy atom. The van der Waals surface area contributed by atoms with Crippen molar-refractivity contribution < 1.29 is 14.3 Å². The Hall–Kier alpha value is -1.81. The SMILES string of the molecule is O=C(O)CCc1nc(-c2ccc(Cl)cc2)co1. The van der Waals surface area contributed by atoms with Crippen molar-refractivity contribution in [3.05, 3.63) is 41.4 Å². The first kappa shape index (κ1) is 11.7. The van der Waals surface area contributed by atoms with Crippen LogP contribution in [0.1, 0.15) is 12.3 Å². The van der Waals surface area contributed by atoms with Crippen molar-refractivity contribution in [1.29, 1.82) is 0 Å². The third-order valence-corrected chi connectivity index (χ3v) is 2.50. The van der Waals surface area contributed by atoms with Crippen LogP contribution in [0.5, 0.6) is 0 Å². The molecule has 0 unspecified atom stereocenters. The molecule has 88 valence electrons. The van der Waals surface area contributed by atoms with E-state index in [0.717, 1.165) is 5.56 Å². The Bertz CT molecular complexity index is 519. The number of aromatic nitrogens is 1. The van der Waals surface area contributed by atoms with E-state index in [1.165, 1.54) is 6.26 Å². The number of hydrogen-bond donors (Lipinski definition) is 1. The number of aryl methyl sites for hydroxylation is 1. The van der Waals surface area contributed by atoms with Gasteiger partial charge in [0, 0.05) is 17.0 Å². The predicted molar refractivity (Wildman–Crippen MR) is 62.9 cm³/mol. The van der Waals surface area contributed by atoms with Gasteiger partial charge in [0.05, 0.1) is 6.42 Å². The van der Waals surface area contributed by atoms with Gasteiger partial charge >= 0.3 is 5.97 Å². The highest BCUT2D eigenvalue weighted by Crippen LogP contribution is 2.21. The summed E-state index contributed by atoms with van der Waals surface area (Å²) >= 11 is 5.78. The molecule has 0 bridgehead atoms. The molecule has 0 fully saturated rings. The number of carboxylic acid groups (broad SMARTS) is 1. The van der Waals surface area contributed by atoms with Crippen LogP contribution in [0, 0.1) is 0 Å². The molecule has 0 saturated carbocycles. The molecule has 0 aliphatic carbocycles. The number of carboxylic acids is 1. The van der Waals surface area contributed by atoms with Gasteiger partial charge in [0.1, 0.15) is 12.0 Å². The second-order valence-corrected chi connectivity index (χ2v) is 3.96. The lowest BCUT2D eigenvalue weighted by atomic mass is 10.2. The van der Waals surface area contributed by atoms with Gasteiger partial charge in [-0.05, 0) is 12.1 Å². The number of aliphatic carboxylic acids is 1. The minimum atomic E-state index is -0.865. The molecule has 0 spiro atoms. The third-order valence-electron chi connectivity index (χ3n) is 2.24. The fourth-order valence-corrected chi connectivity index (χ4v) is 1.52. The maximum Gasteiger partial charge on any atom is 0.303 e. The van der Waals surface area contributed by atoms with Crippen molar-refractivity contribution in [2.45, 2.75) is 12.8 Å². The number of carbonyl (C=O) groups is 1. The van der Waals surface area contributed by atoms with E-state index in [9.17, 15) is 4.79 Å². The van der Waals surface area contributed by atoms with Gasteiger partial charge in [-0.2, -0.15) is 0 Å². The van der Waals surface area contributed by atoms with Crippen LogP contribution in [0.15, 0.2) is 34.9 Å². The van der Waals surface area contributed by atoms with Crippen molar-refractivity contribution in [3.63, 3.8) is 0 Å². The molecule has 17 heavy (non-hydrogen) atoms. The highest BCUT2D eigenvalue weighted by Gasteiger charge is 2.07. The third kappa shape index (κ3) is 3.07. The molecule has 2 rings (SSSR count). The zero-order valence-electron chi connectivity index (χ0n) is 8.89. The van der Waals surface area contributed by atoms with Gasteiger partial charge in [-0.15, -0.1) is 0 Å². The van der Waals surface area contributed by atoms with E-state index in [0.29, 0.717) is 23.0 Å². The predicted octanol–water partition coefficient (Wildman–Crippen LogP) is 3.01. The summed E-state index contributed by atoms with van der Waals surface area (Å²) in [4.78, 5) is 14.6. The van der Waals surface area contributed by atoms with Crippen LogP contribution >= 0.6 is 11.6 Å². The summed E-state index contributed by atoms with van der Waals surface area (Å²) < 4.78 is 5.19. The number of oxazole rings is 1. The molecule has 1 N–H and O–H groups in total. The Morgan fingerprint density at radius 1 is 1.35 bits per heavy atom. The molecule has 0 atom stereocenters. The van der Waals surface area contributed by atoms with Gasteiger partial charge in [-0.1, -0.05) is 23.7 Å². The van der Waals surface area contributed by atoms with Gasteiger partial charge in [0.2, 0.25) is 0 Å². The average molecular weight is 252 g/mol. The molecule has 1 aromatic heterocycles. The number of nitrogens with zero attached hydrogens (tertiary/aromatic N) is 1. The number of benzene rings is 1. The normalized spacial score (nSPS) is 10.4. The minimum absolute atomic E-state index is 0.0145. The van der Waals surface area contributed by atoms with E-state index >= 15 is 0 Å². The molecule has 2 aromatic rings. The molecular formula is C12H10ClNO3. The molecular weight excluding hydrogens is 242 g/mol. The van der Waals surface area contributed by atoms with Crippen molar-refractivity contribution in [3.8, 4) is 11.3 Å². The van der Waals surface area contributed by atoms with Crippen LogP contribution in [0.3, 0.4) is 0 Å². The lowest BCUT2D eigenvalue weighted by Gasteiger charge is -1.94. The number of rotatable bonds is 4. The zero-order valence-corrected chi connectivity index (χ0v) is 9.65. The van der Waals surface area contributed by atoms with Gasteiger partial charge in [0.25, 0.3) is 0 Å². The van der Waals surface area contributed by atoms with E-state index in [1.807, 2.05) is 12.1 Å². The second-order valence-electron chi connectivity index (χ2n) is 3.53. The average Bonchev–Trinajstić information content (AvgIpc) is 2.76. The summed E-state index contributed by atoms with van der Waals surface area (Å²) in [5.74, 6) is -0.436. The fourth-order valence-electron chi connectivity index (χ4n) is 1.39. The summed E-state index contributed by atoms with van der Waals surface area (Å²) in [5.41, 5.74) is 1.57. The van der Waals surface area contributed by atoms with Crippen LogP contribution in [0.4, 0.5) is 0 Å². The Balaban J connectivity index is 2.12. The van der Waals surface area contributed by atoms with Gasteiger partial charge in [-0.3, -0.25) is 4.79 Å². The molecule has 0 aliphatic rings. The van der Waals surface area contributed by atoms with E-state index < -0.39 is 5.97 Å². The molecule has 0 saturated heterocycles. The highest BCUT2D eigenvalue weighted by molar-refractivity contribution is 6.30. The van der Waals surface area contributed by atoms with Gasteiger partial charge in [0.15, 0.2) is 5.89 Å². The van der Waals surface area contributed by atoms with Gasteiger partial charge in [-0.25, -0.2) is 4.98 Å². The molecule has 5 heteroatoms. The Morgan fingerprint density at radius 3 is 2.71 bits per heavy atom. The van der Waals surface area contributed by atoms with Crippen LogP contribution in [0.25, 0.3) is 11.3 Å². The summed E-state index contributed by atoms with van der Waals surface area (Å²) in [5, 5.41) is 9.20. The van der Waals surface area contributed by atoms with E-state index in [2.05, 4.69) is 4.98 Å². The minimum Gasteiger partial charge on any atom is -0.481 e. The Labute approximate surface area is 103 Å². The standard InChI is InChI=1S/C12H10ClNO3/c13-9-3-1-8(2-4-9)10-7-17-11(14-10)5-6-12(15)16/h1-4,7H,5-6H2,(H,15,16). The maximum atomic E-state index is 10.4. The smallest absolute Gasteiger partial charge is 0.303 e.